The van der Waals surface area contributed by atoms with Gasteiger partial charge in [-0.25, -0.2) is 4.39 Å². The fourth-order valence-electron chi connectivity index (χ4n) is 1.97. The predicted octanol–water partition coefficient (Wildman–Crippen LogP) is 4.74. The Labute approximate surface area is 120 Å². The van der Waals surface area contributed by atoms with E-state index in [0.717, 1.165) is 5.56 Å². The number of allylic oxidation sites excluding steroid dienone is 2. The molecule has 0 N–H and O–H groups in total. The second-order valence-electron chi connectivity index (χ2n) is 4.39. The van der Waals surface area contributed by atoms with Crippen LogP contribution in [0, 0.1) is 0 Å². The molecule has 3 nitrogen and oxygen atoms in total. The van der Waals surface area contributed by atoms with Crippen molar-refractivity contribution in [3.8, 4) is 0 Å². The zero-order chi connectivity index (χ0) is 15.0. The van der Waals surface area contributed by atoms with Gasteiger partial charge in [0.25, 0.3) is 0 Å². The van der Waals surface area contributed by atoms with Crippen molar-refractivity contribution in [2.45, 2.75) is 32.9 Å². The van der Waals surface area contributed by atoms with Crippen LogP contribution < -0.4 is 0 Å². The minimum atomic E-state index is -3.37. The van der Waals surface area contributed by atoms with E-state index in [9.17, 15) is 8.96 Å². The summed E-state index contributed by atoms with van der Waals surface area (Å²) in [5, 5.41) is 0. The average molecular weight is 300 g/mol. The van der Waals surface area contributed by atoms with Gasteiger partial charge in [-0.15, -0.1) is 0 Å². The third-order valence-electron chi connectivity index (χ3n) is 2.73. The third-order valence-corrected chi connectivity index (χ3v) is 5.11. The number of rotatable bonds is 8. The molecule has 20 heavy (non-hydrogen) atoms. The van der Waals surface area contributed by atoms with E-state index in [0.29, 0.717) is 6.42 Å². The van der Waals surface area contributed by atoms with Gasteiger partial charge >= 0.3 is 7.60 Å². The fraction of sp³-hybridized carbons (Fsp3) is 0.467. The normalized spacial score (nSPS) is 14.3. The van der Waals surface area contributed by atoms with Crippen LogP contribution in [0.1, 0.15) is 26.3 Å². The van der Waals surface area contributed by atoms with Crippen LogP contribution in [0.4, 0.5) is 4.39 Å². The van der Waals surface area contributed by atoms with Crippen molar-refractivity contribution < 1.29 is 18.0 Å². The van der Waals surface area contributed by atoms with Gasteiger partial charge in [0.15, 0.2) is 0 Å². The van der Waals surface area contributed by atoms with Crippen LogP contribution in [-0.2, 0) is 20.0 Å². The highest BCUT2D eigenvalue weighted by molar-refractivity contribution is 7.54. The predicted molar refractivity (Wildman–Crippen MR) is 79.7 cm³/mol. The molecule has 1 unspecified atom stereocenters. The molecular weight excluding hydrogens is 278 g/mol. The topological polar surface area (TPSA) is 35.5 Å². The number of hydrogen-bond donors (Lipinski definition) is 0. The van der Waals surface area contributed by atoms with Crippen LogP contribution in [-0.4, -0.2) is 18.9 Å². The Morgan fingerprint density at radius 3 is 2.25 bits per heavy atom. The lowest BCUT2D eigenvalue weighted by atomic mass is 10.1. The molecule has 1 aromatic rings. The number of halogens is 1. The second-order valence-corrected chi connectivity index (χ2v) is 6.65. The zero-order valence-electron chi connectivity index (χ0n) is 12.2. The molecule has 0 aliphatic heterocycles. The van der Waals surface area contributed by atoms with Gasteiger partial charge in [-0.2, -0.15) is 0 Å². The summed E-state index contributed by atoms with van der Waals surface area (Å²) >= 11 is 0. The monoisotopic (exact) mass is 300 g/mol. The molecule has 1 aromatic carbocycles. The lowest BCUT2D eigenvalue weighted by Crippen LogP contribution is -2.14. The molecule has 5 heteroatoms. The first-order valence-corrected chi connectivity index (χ1v) is 8.39. The van der Waals surface area contributed by atoms with Crippen molar-refractivity contribution in [1.29, 1.82) is 0 Å². The first kappa shape index (κ1) is 17.1. The van der Waals surface area contributed by atoms with E-state index < -0.39 is 13.3 Å². The van der Waals surface area contributed by atoms with Crippen molar-refractivity contribution in [3.05, 3.63) is 47.8 Å². The molecule has 0 aromatic heterocycles. The maximum atomic E-state index is 13.3. The molecule has 0 fully saturated rings. The molecule has 0 spiro atoms. The summed E-state index contributed by atoms with van der Waals surface area (Å²) in [6.07, 6.45) is 1.75. The summed E-state index contributed by atoms with van der Waals surface area (Å²) < 4.78 is 36.7. The Morgan fingerprint density at radius 1 is 1.25 bits per heavy atom. The van der Waals surface area contributed by atoms with Crippen molar-refractivity contribution in [2.75, 3.05) is 13.2 Å². The molecule has 0 heterocycles. The Balaban J connectivity index is 3.04. The van der Waals surface area contributed by atoms with Gasteiger partial charge in [-0.3, -0.25) is 4.57 Å². The van der Waals surface area contributed by atoms with Crippen LogP contribution in [0.2, 0.25) is 0 Å². The lowest BCUT2D eigenvalue weighted by molar-refractivity contribution is 0.215. The molecule has 0 aliphatic rings. The van der Waals surface area contributed by atoms with Gasteiger partial charge in [0, 0.05) is 0 Å². The van der Waals surface area contributed by atoms with Gasteiger partial charge in [-0.05, 0) is 38.8 Å². The van der Waals surface area contributed by atoms with E-state index in [4.69, 9.17) is 9.05 Å². The van der Waals surface area contributed by atoms with E-state index in [-0.39, 0.29) is 19.0 Å². The highest BCUT2D eigenvalue weighted by Gasteiger charge is 2.34. The summed E-state index contributed by atoms with van der Waals surface area (Å²) in [6, 6.07) is 9.52. The summed E-state index contributed by atoms with van der Waals surface area (Å²) in [7, 11) is -3.37. The van der Waals surface area contributed by atoms with Gasteiger partial charge in [0.05, 0.1) is 24.7 Å². The summed E-state index contributed by atoms with van der Waals surface area (Å²) in [4.78, 5) is 0. The van der Waals surface area contributed by atoms with Gasteiger partial charge in [-0.1, -0.05) is 30.3 Å². The molecule has 0 radical (unpaired) electrons. The molecule has 1 atom stereocenters. The SMILES string of the molecule is CCOP(=O)(OCC)C(/C=C(/C)F)Cc1ccccc1. The largest absolute Gasteiger partial charge is 0.337 e. The smallest absolute Gasteiger partial charge is 0.308 e. The molecule has 1 rings (SSSR count). The van der Waals surface area contributed by atoms with Gasteiger partial charge in [0.2, 0.25) is 0 Å². The standard InChI is InChI=1S/C15H22FO3P/c1-4-18-20(17,19-5-2)15(11-13(3)16)12-14-9-7-6-8-10-14/h6-11,15H,4-5,12H2,1-3H3/b13-11-. The van der Waals surface area contributed by atoms with Crippen LogP contribution in [0.3, 0.4) is 0 Å². The first-order valence-electron chi connectivity index (χ1n) is 6.78. The van der Waals surface area contributed by atoms with Crippen molar-refractivity contribution >= 4 is 7.60 Å². The van der Waals surface area contributed by atoms with Crippen molar-refractivity contribution in [3.63, 3.8) is 0 Å². The van der Waals surface area contributed by atoms with Crippen LogP contribution in [0.15, 0.2) is 42.2 Å². The summed E-state index contributed by atoms with van der Waals surface area (Å²) in [6.45, 7) is 5.36. The number of hydrogen-bond acceptors (Lipinski definition) is 3. The Bertz CT molecular complexity index is 459. The molecule has 0 saturated heterocycles. The second kappa shape index (κ2) is 8.35. The molecule has 112 valence electrons. The molecule has 0 bridgehead atoms. The minimum Gasteiger partial charge on any atom is -0.308 e. The average Bonchev–Trinajstić information content (AvgIpc) is 2.39. The van der Waals surface area contributed by atoms with E-state index >= 15 is 0 Å². The van der Waals surface area contributed by atoms with Crippen LogP contribution in [0.25, 0.3) is 0 Å². The highest BCUT2D eigenvalue weighted by atomic mass is 31.2. The molecule has 0 amide bonds. The van der Waals surface area contributed by atoms with E-state index in [2.05, 4.69) is 0 Å². The summed E-state index contributed by atoms with van der Waals surface area (Å²) in [5.41, 5.74) is 0.351. The molecule has 0 aliphatic carbocycles. The van der Waals surface area contributed by atoms with Crippen molar-refractivity contribution in [2.24, 2.45) is 0 Å². The van der Waals surface area contributed by atoms with Crippen LogP contribution >= 0.6 is 7.60 Å². The summed E-state index contributed by atoms with van der Waals surface area (Å²) in [5.74, 6) is -0.384. The first-order chi connectivity index (χ1) is 9.51. The molecular formula is C15H22FO3P. The van der Waals surface area contributed by atoms with Gasteiger partial charge in [0.1, 0.15) is 0 Å². The Kier molecular flexibility index (Phi) is 7.14. The zero-order valence-corrected chi connectivity index (χ0v) is 13.1. The Hall–Kier alpha value is -0.960. The Morgan fingerprint density at radius 2 is 1.80 bits per heavy atom. The molecule has 0 saturated carbocycles. The minimum absolute atomic E-state index is 0.266. The van der Waals surface area contributed by atoms with E-state index in [1.807, 2.05) is 30.3 Å². The highest BCUT2D eigenvalue weighted by Crippen LogP contribution is 2.54. The van der Waals surface area contributed by atoms with Crippen molar-refractivity contribution in [1.82, 2.24) is 0 Å². The van der Waals surface area contributed by atoms with E-state index in [1.165, 1.54) is 13.0 Å². The third kappa shape index (κ3) is 5.20. The maximum Gasteiger partial charge on any atom is 0.337 e. The maximum absolute atomic E-state index is 13.3. The quantitative estimate of drug-likeness (QED) is 0.651. The van der Waals surface area contributed by atoms with E-state index in [1.54, 1.807) is 13.8 Å². The van der Waals surface area contributed by atoms with Gasteiger partial charge < -0.3 is 9.05 Å². The lowest BCUT2D eigenvalue weighted by Gasteiger charge is -2.24. The number of benzene rings is 1. The fourth-order valence-corrected chi connectivity index (χ4v) is 3.97. The van der Waals surface area contributed by atoms with Crippen LogP contribution in [0.5, 0.6) is 0 Å².